The zero-order valence-corrected chi connectivity index (χ0v) is 16.0. The number of non-ortho nitro benzene ring substituents is 1. The van der Waals surface area contributed by atoms with E-state index in [4.69, 9.17) is 4.74 Å². The molecule has 0 aliphatic carbocycles. The summed E-state index contributed by atoms with van der Waals surface area (Å²) < 4.78 is 5.23. The number of nitrogens with one attached hydrogen (secondary N) is 1. The predicted octanol–water partition coefficient (Wildman–Crippen LogP) is 2.57. The summed E-state index contributed by atoms with van der Waals surface area (Å²) in [6, 6.07) is 13.6. The van der Waals surface area contributed by atoms with Crippen molar-refractivity contribution in [3.63, 3.8) is 0 Å². The maximum absolute atomic E-state index is 12.5. The number of nitrogens with zero attached hydrogens (tertiary/aromatic N) is 2. The number of carbonyl (C=O) groups is 2. The average molecular weight is 385 g/mol. The summed E-state index contributed by atoms with van der Waals surface area (Å²) >= 11 is 0. The van der Waals surface area contributed by atoms with Crippen LogP contribution in [-0.2, 0) is 16.0 Å². The summed E-state index contributed by atoms with van der Waals surface area (Å²) in [5.74, 6) is -1.22. The molecule has 2 rings (SSSR count). The van der Waals surface area contributed by atoms with E-state index in [0.717, 1.165) is 11.6 Å². The van der Waals surface area contributed by atoms with Crippen LogP contribution < -0.4 is 10.2 Å². The van der Waals surface area contributed by atoms with E-state index in [-0.39, 0.29) is 11.3 Å². The van der Waals surface area contributed by atoms with Crippen molar-refractivity contribution in [2.45, 2.75) is 19.4 Å². The zero-order valence-electron chi connectivity index (χ0n) is 16.0. The summed E-state index contributed by atoms with van der Waals surface area (Å²) in [7, 11) is 3.41. The van der Waals surface area contributed by atoms with Crippen molar-refractivity contribution in [2.24, 2.45) is 0 Å². The molecule has 0 aliphatic rings. The van der Waals surface area contributed by atoms with E-state index in [1.807, 2.05) is 30.3 Å². The minimum Gasteiger partial charge on any atom is -0.449 e. The fourth-order valence-electron chi connectivity index (χ4n) is 2.59. The second kappa shape index (κ2) is 9.50. The van der Waals surface area contributed by atoms with Crippen LogP contribution in [0.5, 0.6) is 0 Å². The molecular formula is C20H23N3O5. The van der Waals surface area contributed by atoms with Crippen molar-refractivity contribution < 1.29 is 19.2 Å². The molecule has 1 amide bonds. The van der Waals surface area contributed by atoms with Crippen LogP contribution in [0.2, 0.25) is 0 Å². The molecule has 0 heterocycles. The Morgan fingerprint density at radius 1 is 1.18 bits per heavy atom. The van der Waals surface area contributed by atoms with E-state index in [9.17, 15) is 19.7 Å². The van der Waals surface area contributed by atoms with Gasteiger partial charge in [-0.2, -0.15) is 0 Å². The Balaban J connectivity index is 1.99. The molecule has 0 spiro atoms. The number of carbonyl (C=O) groups excluding carboxylic acids is 2. The molecule has 0 aromatic heterocycles. The minimum absolute atomic E-state index is 0.0307. The van der Waals surface area contributed by atoms with Crippen LogP contribution in [0.15, 0.2) is 48.5 Å². The summed E-state index contributed by atoms with van der Waals surface area (Å²) in [4.78, 5) is 36.7. The highest BCUT2D eigenvalue weighted by Gasteiger charge is 2.23. The van der Waals surface area contributed by atoms with Crippen molar-refractivity contribution in [1.82, 2.24) is 5.32 Å². The number of hydrogen-bond donors (Lipinski definition) is 1. The number of esters is 1. The van der Waals surface area contributed by atoms with E-state index in [2.05, 4.69) is 5.32 Å². The van der Waals surface area contributed by atoms with Gasteiger partial charge in [0.2, 0.25) is 0 Å². The number of ether oxygens (including phenoxy) is 1. The molecule has 8 heteroatoms. The summed E-state index contributed by atoms with van der Waals surface area (Å²) in [5.41, 5.74) is 1.35. The van der Waals surface area contributed by atoms with Gasteiger partial charge in [-0.25, -0.2) is 4.79 Å². The molecule has 8 nitrogen and oxygen atoms in total. The highest BCUT2D eigenvalue weighted by atomic mass is 16.6. The molecule has 0 radical (unpaired) electrons. The molecule has 1 N–H and O–H groups in total. The van der Waals surface area contributed by atoms with Crippen molar-refractivity contribution in [3.05, 3.63) is 69.8 Å². The predicted molar refractivity (Wildman–Crippen MR) is 105 cm³/mol. The van der Waals surface area contributed by atoms with Crippen molar-refractivity contribution in [2.75, 3.05) is 25.5 Å². The van der Waals surface area contributed by atoms with Crippen molar-refractivity contribution in [1.29, 1.82) is 0 Å². The number of benzene rings is 2. The number of nitro benzene ring substituents is 1. The van der Waals surface area contributed by atoms with E-state index >= 15 is 0 Å². The molecular weight excluding hydrogens is 362 g/mol. The van der Waals surface area contributed by atoms with Gasteiger partial charge < -0.3 is 15.0 Å². The highest BCUT2D eigenvalue weighted by Crippen LogP contribution is 2.25. The SMILES string of the molecule is C[C@@H](OC(=O)c1cc([N+](=O)[O-])ccc1N(C)C)C(=O)NCCc1ccccc1. The Kier molecular flexibility index (Phi) is 7.08. The van der Waals surface area contributed by atoms with Gasteiger partial charge in [0.15, 0.2) is 6.10 Å². The van der Waals surface area contributed by atoms with E-state index in [1.54, 1.807) is 19.0 Å². The standard InChI is InChI=1S/C20H23N3O5/c1-14(19(24)21-12-11-15-7-5-4-6-8-15)28-20(25)17-13-16(23(26)27)9-10-18(17)22(2)3/h4-10,13-14H,11-12H2,1-3H3,(H,21,24)/t14-/m1/s1. The molecule has 28 heavy (non-hydrogen) atoms. The Labute approximate surface area is 163 Å². The van der Waals surface area contributed by atoms with E-state index < -0.39 is 22.9 Å². The lowest BCUT2D eigenvalue weighted by atomic mass is 10.1. The van der Waals surface area contributed by atoms with E-state index in [0.29, 0.717) is 18.7 Å². The number of hydrogen-bond acceptors (Lipinski definition) is 6. The first-order valence-electron chi connectivity index (χ1n) is 8.78. The number of amides is 1. The van der Waals surface area contributed by atoms with Crippen LogP contribution in [-0.4, -0.2) is 43.5 Å². The molecule has 0 unspecified atom stereocenters. The van der Waals surface area contributed by atoms with Gasteiger partial charge in [0.25, 0.3) is 11.6 Å². The van der Waals surface area contributed by atoms with Crippen LogP contribution >= 0.6 is 0 Å². The Morgan fingerprint density at radius 2 is 1.86 bits per heavy atom. The summed E-state index contributed by atoms with van der Waals surface area (Å²) in [6.45, 7) is 1.87. The minimum atomic E-state index is -1.03. The molecule has 0 bridgehead atoms. The van der Waals surface area contributed by atoms with Crippen molar-refractivity contribution in [3.8, 4) is 0 Å². The van der Waals surface area contributed by atoms with Crippen LogP contribution in [0.4, 0.5) is 11.4 Å². The fourth-order valence-corrected chi connectivity index (χ4v) is 2.59. The lowest BCUT2D eigenvalue weighted by molar-refractivity contribution is -0.384. The van der Waals surface area contributed by atoms with Gasteiger partial charge in [0.1, 0.15) is 0 Å². The molecule has 2 aromatic carbocycles. The van der Waals surface area contributed by atoms with Gasteiger partial charge >= 0.3 is 5.97 Å². The lowest BCUT2D eigenvalue weighted by Crippen LogP contribution is -2.37. The van der Waals surface area contributed by atoms with Gasteiger partial charge in [-0.3, -0.25) is 14.9 Å². The van der Waals surface area contributed by atoms with Crippen molar-refractivity contribution >= 4 is 23.3 Å². The Bertz CT molecular complexity index is 852. The second-order valence-corrected chi connectivity index (χ2v) is 6.43. The lowest BCUT2D eigenvalue weighted by Gasteiger charge is -2.18. The molecule has 0 saturated carbocycles. The molecule has 0 aliphatic heterocycles. The maximum atomic E-state index is 12.5. The summed E-state index contributed by atoms with van der Waals surface area (Å²) in [6.07, 6.45) is -0.374. The van der Waals surface area contributed by atoms with E-state index in [1.165, 1.54) is 19.1 Å². The fraction of sp³-hybridized carbons (Fsp3) is 0.300. The normalized spacial score (nSPS) is 11.4. The third-order valence-electron chi connectivity index (χ3n) is 4.10. The topological polar surface area (TPSA) is 102 Å². The first kappa shape index (κ1) is 20.9. The quantitative estimate of drug-likeness (QED) is 0.426. The maximum Gasteiger partial charge on any atom is 0.341 e. The zero-order chi connectivity index (χ0) is 20.7. The smallest absolute Gasteiger partial charge is 0.341 e. The first-order valence-corrected chi connectivity index (χ1v) is 8.78. The number of rotatable bonds is 8. The molecule has 0 saturated heterocycles. The third kappa shape index (κ3) is 5.54. The van der Waals surface area contributed by atoms with Crippen LogP contribution in [0, 0.1) is 10.1 Å². The largest absolute Gasteiger partial charge is 0.449 e. The van der Waals surface area contributed by atoms with Gasteiger partial charge in [-0.15, -0.1) is 0 Å². The monoisotopic (exact) mass is 385 g/mol. The molecule has 0 fully saturated rings. The Hall–Kier alpha value is -3.42. The number of nitro groups is 1. The van der Waals surface area contributed by atoms with Gasteiger partial charge in [0, 0.05) is 32.8 Å². The molecule has 148 valence electrons. The van der Waals surface area contributed by atoms with Crippen LogP contribution in [0.1, 0.15) is 22.8 Å². The molecule has 2 aromatic rings. The van der Waals surface area contributed by atoms with Gasteiger partial charge in [-0.05, 0) is 25.0 Å². The van der Waals surface area contributed by atoms with Crippen LogP contribution in [0.25, 0.3) is 0 Å². The summed E-state index contributed by atoms with van der Waals surface area (Å²) in [5, 5.41) is 13.7. The second-order valence-electron chi connectivity index (χ2n) is 6.43. The van der Waals surface area contributed by atoms with Gasteiger partial charge in [0.05, 0.1) is 16.2 Å². The third-order valence-corrected chi connectivity index (χ3v) is 4.10. The number of anilines is 1. The Morgan fingerprint density at radius 3 is 2.46 bits per heavy atom. The van der Waals surface area contributed by atoms with Crippen LogP contribution in [0.3, 0.4) is 0 Å². The van der Waals surface area contributed by atoms with Gasteiger partial charge in [-0.1, -0.05) is 30.3 Å². The average Bonchev–Trinajstić information content (AvgIpc) is 2.67. The highest BCUT2D eigenvalue weighted by molar-refractivity contribution is 5.98. The molecule has 1 atom stereocenters. The first-order chi connectivity index (χ1) is 13.3.